The number of carbonyl (C=O) groups is 1. The molecule has 19 heavy (non-hydrogen) atoms. The number of hydrogen-bond donors (Lipinski definition) is 4. The summed E-state index contributed by atoms with van der Waals surface area (Å²) in [5.41, 5.74) is 1.06. The van der Waals surface area contributed by atoms with Crippen LogP contribution in [-0.4, -0.2) is 33.8 Å². The molecule has 0 saturated heterocycles. The van der Waals surface area contributed by atoms with Gasteiger partial charge in [0.2, 0.25) is 5.91 Å². The molecule has 2 aromatic rings. The Hall–Kier alpha value is -1.92. The molecular formula is C13H15FN2O3. The number of benzene rings is 1. The van der Waals surface area contributed by atoms with Crippen molar-refractivity contribution in [2.24, 2.45) is 0 Å². The van der Waals surface area contributed by atoms with Crippen molar-refractivity contribution in [1.82, 2.24) is 10.3 Å². The zero-order valence-corrected chi connectivity index (χ0v) is 10.4. The van der Waals surface area contributed by atoms with Gasteiger partial charge < -0.3 is 20.5 Å². The second-order valence-corrected chi connectivity index (χ2v) is 4.38. The van der Waals surface area contributed by atoms with Gasteiger partial charge in [-0.05, 0) is 18.2 Å². The second-order valence-electron chi connectivity index (χ2n) is 4.38. The van der Waals surface area contributed by atoms with Crippen LogP contribution >= 0.6 is 0 Å². The zero-order chi connectivity index (χ0) is 14.0. The number of carbonyl (C=O) groups excluding carboxylic acids is 1. The van der Waals surface area contributed by atoms with Crippen molar-refractivity contribution in [1.29, 1.82) is 0 Å². The Kier molecular flexibility index (Phi) is 3.82. The summed E-state index contributed by atoms with van der Waals surface area (Å²) in [6.07, 6.45) is -0.847. The summed E-state index contributed by atoms with van der Waals surface area (Å²) in [5, 5.41) is 22.8. The molecule has 6 heteroatoms. The lowest BCUT2D eigenvalue weighted by Crippen LogP contribution is -2.34. The summed E-state index contributed by atoms with van der Waals surface area (Å²) >= 11 is 0. The van der Waals surface area contributed by atoms with Crippen LogP contribution in [0.2, 0.25) is 0 Å². The second kappa shape index (κ2) is 5.38. The lowest BCUT2D eigenvalue weighted by atomic mass is 10.0. The van der Waals surface area contributed by atoms with Gasteiger partial charge in [-0.2, -0.15) is 0 Å². The number of aromatic nitrogens is 1. The minimum absolute atomic E-state index is 0.0709. The predicted molar refractivity (Wildman–Crippen MR) is 67.9 cm³/mol. The lowest BCUT2D eigenvalue weighted by Gasteiger charge is -2.17. The first kappa shape index (κ1) is 13.5. The monoisotopic (exact) mass is 266 g/mol. The molecule has 0 saturated carbocycles. The molecule has 1 aromatic carbocycles. The number of aliphatic hydroxyl groups is 2. The van der Waals surface area contributed by atoms with Crippen LogP contribution in [0.1, 0.15) is 18.6 Å². The molecule has 2 unspecified atom stereocenters. The molecule has 0 bridgehead atoms. The molecule has 0 radical (unpaired) electrons. The van der Waals surface area contributed by atoms with E-state index >= 15 is 0 Å². The van der Waals surface area contributed by atoms with E-state index in [0.29, 0.717) is 16.5 Å². The average molecular weight is 266 g/mol. The molecular weight excluding hydrogens is 251 g/mol. The minimum Gasteiger partial charge on any atom is -0.388 e. The highest BCUT2D eigenvalue weighted by atomic mass is 19.1. The van der Waals surface area contributed by atoms with E-state index in [2.05, 4.69) is 10.3 Å². The number of hydrogen-bond acceptors (Lipinski definition) is 3. The fourth-order valence-corrected chi connectivity index (χ4v) is 1.93. The third kappa shape index (κ3) is 2.91. The summed E-state index contributed by atoms with van der Waals surface area (Å²) in [5.74, 6) is -0.715. The summed E-state index contributed by atoms with van der Waals surface area (Å²) in [7, 11) is 0. The van der Waals surface area contributed by atoms with Crippen LogP contribution in [0.25, 0.3) is 10.9 Å². The van der Waals surface area contributed by atoms with Crippen LogP contribution in [0, 0.1) is 5.82 Å². The van der Waals surface area contributed by atoms with Gasteiger partial charge in [-0.3, -0.25) is 4.79 Å². The smallest absolute Gasteiger partial charge is 0.216 e. The van der Waals surface area contributed by atoms with Gasteiger partial charge in [-0.15, -0.1) is 0 Å². The van der Waals surface area contributed by atoms with Crippen LogP contribution in [-0.2, 0) is 4.79 Å². The molecule has 0 aliphatic carbocycles. The minimum atomic E-state index is -1.21. The van der Waals surface area contributed by atoms with E-state index in [9.17, 15) is 19.4 Å². The van der Waals surface area contributed by atoms with E-state index in [1.807, 2.05) is 0 Å². The fourth-order valence-electron chi connectivity index (χ4n) is 1.93. The number of halogens is 1. The van der Waals surface area contributed by atoms with Gasteiger partial charge in [-0.25, -0.2) is 4.39 Å². The molecule has 2 rings (SSSR count). The van der Waals surface area contributed by atoms with E-state index in [1.165, 1.54) is 25.3 Å². The van der Waals surface area contributed by atoms with Crippen molar-refractivity contribution in [3.05, 3.63) is 35.8 Å². The quantitative estimate of drug-likeness (QED) is 0.661. The molecule has 4 N–H and O–H groups in total. The number of amides is 1. The Morgan fingerprint density at radius 1 is 1.47 bits per heavy atom. The van der Waals surface area contributed by atoms with E-state index in [0.717, 1.165) is 0 Å². The Balaban J connectivity index is 2.23. The SMILES string of the molecule is CC(=O)NCC(O)C(O)c1c[nH]c2ccc(F)cc12. The molecule has 1 amide bonds. The first-order chi connectivity index (χ1) is 8.99. The van der Waals surface area contributed by atoms with Crippen molar-refractivity contribution in [2.45, 2.75) is 19.1 Å². The maximum Gasteiger partial charge on any atom is 0.216 e. The summed E-state index contributed by atoms with van der Waals surface area (Å²) < 4.78 is 13.2. The number of rotatable bonds is 4. The largest absolute Gasteiger partial charge is 0.388 e. The van der Waals surface area contributed by atoms with Crippen molar-refractivity contribution in [3.8, 4) is 0 Å². The van der Waals surface area contributed by atoms with Crippen LogP contribution < -0.4 is 5.32 Å². The third-order valence-electron chi connectivity index (χ3n) is 2.92. The molecule has 1 heterocycles. The highest BCUT2D eigenvalue weighted by molar-refractivity contribution is 5.83. The molecule has 0 fully saturated rings. The van der Waals surface area contributed by atoms with E-state index in [4.69, 9.17) is 0 Å². The fraction of sp³-hybridized carbons (Fsp3) is 0.308. The number of H-pyrrole nitrogens is 1. The highest BCUT2D eigenvalue weighted by Crippen LogP contribution is 2.26. The van der Waals surface area contributed by atoms with Crippen LogP contribution in [0.5, 0.6) is 0 Å². The van der Waals surface area contributed by atoms with E-state index in [-0.39, 0.29) is 12.5 Å². The Bertz CT molecular complexity index is 597. The summed E-state index contributed by atoms with van der Waals surface area (Å²) in [4.78, 5) is 13.6. The van der Waals surface area contributed by atoms with Gasteiger partial charge in [0.1, 0.15) is 18.0 Å². The predicted octanol–water partition coefficient (Wildman–Crippen LogP) is 0.837. The maximum atomic E-state index is 13.2. The normalized spacial score (nSPS) is 14.3. The van der Waals surface area contributed by atoms with Gasteiger partial charge in [-0.1, -0.05) is 0 Å². The van der Waals surface area contributed by atoms with Gasteiger partial charge in [0, 0.05) is 36.1 Å². The van der Waals surface area contributed by atoms with Gasteiger partial charge in [0.15, 0.2) is 0 Å². The number of aromatic amines is 1. The third-order valence-corrected chi connectivity index (χ3v) is 2.92. The van der Waals surface area contributed by atoms with Gasteiger partial charge >= 0.3 is 0 Å². The number of nitrogens with one attached hydrogen (secondary N) is 2. The average Bonchev–Trinajstić information content (AvgIpc) is 2.77. The van der Waals surface area contributed by atoms with Crippen molar-refractivity contribution >= 4 is 16.8 Å². The Labute approximate surface area is 109 Å². The first-order valence-electron chi connectivity index (χ1n) is 5.86. The number of aliphatic hydroxyl groups excluding tert-OH is 2. The van der Waals surface area contributed by atoms with Crippen molar-refractivity contribution in [2.75, 3.05) is 6.54 Å². The molecule has 1 aromatic heterocycles. The van der Waals surface area contributed by atoms with Crippen molar-refractivity contribution < 1.29 is 19.4 Å². The highest BCUT2D eigenvalue weighted by Gasteiger charge is 2.21. The molecule has 2 atom stereocenters. The van der Waals surface area contributed by atoms with Crippen LogP contribution in [0.3, 0.4) is 0 Å². The molecule has 0 aliphatic rings. The standard InChI is InChI=1S/C13H15FN2O3/c1-7(17)15-6-12(18)13(19)10-5-16-11-3-2-8(14)4-9(10)11/h2-5,12-13,16,18-19H,6H2,1H3,(H,15,17). The van der Waals surface area contributed by atoms with Crippen LogP contribution in [0.4, 0.5) is 4.39 Å². The van der Waals surface area contributed by atoms with E-state index < -0.39 is 18.0 Å². The Morgan fingerprint density at radius 3 is 2.89 bits per heavy atom. The maximum absolute atomic E-state index is 13.2. The molecule has 0 spiro atoms. The number of fused-ring (bicyclic) bond motifs is 1. The zero-order valence-electron chi connectivity index (χ0n) is 10.4. The van der Waals surface area contributed by atoms with Gasteiger partial charge in [0.25, 0.3) is 0 Å². The van der Waals surface area contributed by atoms with Crippen LogP contribution in [0.15, 0.2) is 24.4 Å². The first-order valence-corrected chi connectivity index (χ1v) is 5.86. The van der Waals surface area contributed by atoms with Crippen molar-refractivity contribution in [3.63, 3.8) is 0 Å². The van der Waals surface area contributed by atoms with Gasteiger partial charge in [0.05, 0.1) is 0 Å². The summed E-state index contributed by atoms with van der Waals surface area (Å²) in [6, 6.07) is 4.15. The summed E-state index contributed by atoms with van der Waals surface area (Å²) in [6.45, 7) is 1.25. The Morgan fingerprint density at radius 2 is 2.21 bits per heavy atom. The lowest BCUT2D eigenvalue weighted by molar-refractivity contribution is -0.119. The topological polar surface area (TPSA) is 85.3 Å². The molecule has 0 aliphatic heterocycles. The molecule has 102 valence electrons. The van der Waals surface area contributed by atoms with E-state index in [1.54, 1.807) is 6.07 Å². The molecule has 5 nitrogen and oxygen atoms in total.